The van der Waals surface area contributed by atoms with Crippen molar-refractivity contribution in [2.75, 3.05) is 11.9 Å². The Morgan fingerprint density at radius 2 is 2.23 bits per heavy atom. The number of piperidine rings is 1. The van der Waals surface area contributed by atoms with Crippen LogP contribution in [0.1, 0.15) is 24.1 Å². The molecule has 0 unspecified atom stereocenters. The molecule has 3 atom stereocenters. The highest BCUT2D eigenvalue weighted by molar-refractivity contribution is 5.95. The third kappa shape index (κ3) is 2.56. The Bertz CT molecular complexity index is 616. The SMILES string of the molecule is Cc1ccc(C(F)(F)F)nc1NC(=O)[C@@H]1C[C@]2(CO)C[C@@H]2N1. The Kier molecular flexibility index (Phi) is 3.41. The van der Waals surface area contributed by atoms with E-state index < -0.39 is 23.8 Å². The topological polar surface area (TPSA) is 74.2 Å². The number of anilines is 1. The fourth-order valence-corrected chi connectivity index (χ4v) is 2.94. The molecular weight excluding hydrogens is 299 g/mol. The molecule has 0 bridgehead atoms. The van der Waals surface area contributed by atoms with Crippen molar-refractivity contribution in [2.24, 2.45) is 5.41 Å². The lowest BCUT2D eigenvalue weighted by Crippen LogP contribution is -2.38. The van der Waals surface area contributed by atoms with Gasteiger partial charge >= 0.3 is 6.18 Å². The third-order valence-corrected chi connectivity index (χ3v) is 4.46. The number of aliphatic hydroxyl groups excluding tert-OH is 1. The number of nitrogens with zero attached hydrogens (tertiary/aromatic N) is 1. The van der Waals surface area contributed by atoms with Crippen LogP contribution in [0.3, 0.4) is 0 Å². The molecule has 2 fully saturated rings. The van der Waals surface area contributed by atoms with Gasteiger partial charge in [-0.3, -0.25) is 4.79 Å². The smallest absolute Gasteiger partial charge is 0.396 e. The number of carbonyl (C=O) groups is 1. The number of alkyl halides is 3. The molecule has 0 radical (unpaired) electrons. The molecule has 2 aliphatic rings. The first-order chi connectivity index (χ1) is 10.2. The van der Waals surface area contributed by atoms with E-state index in [4.69, 9.17) is 0 Å². The van der Waals surface area contributed by atoms with Crippen LogP contribution in [0.2, 0.25) is 0 Å². The second-order valence-corrected chi connectivity index (χ2v) is 6.05. The van der Waals surface area contributed by atoms with Crippen LogP contribution in [0.4, 0.5) is 19.0 Å². The van der Waals surface area contributed by atoms with Crippen LogP contribution in [0.5, 0.6) is 0 Å². The minimum absolute atomic E-state index is 0.00921. The molecule has 1 aliphatic heterocycles. The Morgan fingerprint density at radius 3 is 2.82 bits per heavy atom. The first kappa shape index (κ1) is 15.2. The monoisotopic (exact) mass is 315 g/mol. The number of nitrogens with one attached hydrogen (secondary N) is 2. The summed E-state index contributed by atoms with van der Waals surface area (Å²) in [6.45, 7) is 1.59. The highest BCUT2D eigenvalue weighted by Gasteiger charge is 2.61. The summed E-state index contributed by atoms with van der Waals surface area (Å²) in [4.78, 5) is 15.7. The molecule has 2 heterocycles. The molecule has 1 amide bonds. The Balaban J connectivity index is 1.72. The van der Waals surface area contributed by atoms with Crippen LogP contribution in [-0.2, 0) is 11.0 Å². The zero-order chi connectivity index (χ0) is 16.1. The van der Waals surface area contributed by atoms with Crippen molar-refractivity contribution in [3.8, 4) is 0 Å². The van der Waals surface area contributed by atoms with E-state index in [0.29, 0.717) is 12.0 Å². The molecular formula is C14H16F3N3O2. The molecule has 1 aromatic rings. The van der Waals surface area contributed by atoms with Crippen LogP contribution in [0.15, 0.2) is 12.1 Å². The van der Waals surface area contributed by atoms with Gasteiger partial charge in [-0.25, -0.2) is 4.98 Å². The summed E-state index contributed by atoms with van der Waals surface area (Å²) in [5.41, 5.74) is -0.818. The van der Waals surface area contributed by atoms with Crippen molar-refractivity contribution in [3.63, 3.8) is 0 Å². The molecule has 1 saturated carbocycles. The zero-order valence-electron chi connectivity index (χ0n) is 11.9. The minimum Gasteiger partial charge on any atom is -0.396 e. The van der Waals surface area contributed by atoms with Gasteiger partial charge in [0.1, 0.15) is 11.5 Å². The number of halogens is 3. The maximum absolute atomic E-state index is 12.7. The summed E-state index contributed by atoms with van der Waals surface area (Å²) in [6.07, 6.45) is -3.24. The predicted octanol–water partition coefficient (Wildman–Crippen LogP) is 1.46. The van der Waals surface area contributed by atoms with E-state index >= 15 is 0 Å². The largest absolute Gasteiger partial charge is 0.433 e. The average molecular weight is 315 g/mol. The molecule has 0 aromatic carbocycles. The second kappa shape index (κ2) is 4.92. The van der Waals surface area contributed by atoms with Crippen molar-refractivity contribution in [1.29, 1.82) is 0 Å². The van der Waals surface area contributed by atoms with E-state index in [1.54, 1.807) is 6.92 Å². The quantitative estimate of drug-likeness (QED) is 0.789. The lowest BCUT2D eigenvalue weighted by atomic mass is 10.0. The van der Waals surface area contributed by atoms with Crippen LogP contribution < -0.4 is 10.6 Å². The van der Waals surface area contributed by atoms with Crippen molar-refractivity contribution < 1.29 is 23.1 Å². The van der Waals surface area contributed by atoms with Gasteiger partial charge in [0.15, 0.2) is 0 Å². The fraction of sp³-hybridized carbons (Fsp3) is 0.571. The van der Waals surface area contributed by atoms with E-state index in [1.807, 2.05) is 0 Å². The second-order valence-electron chi connectivity index (χ2n) is 6.05. The van der Waals surface area contributed by atoms with Crippen molar-refractivity contribution in [2.45, 2.75) is 38.0 Å². The highest BCUT2D eigenvalue weighted by Crippen LogP contribution is 2.54. The molecule has 22 heavy (non-hydrogen) atoms. The van der Waals surface area contributed by atoms with E-state index in [0.717, 1.165) is 12.5 Å². The van der Waals surface area contributed by atoms with Gasteiger partial charge in [-0.1, -0.05) is 6.07 Å². The number of fused-ring (bicyclic) bond motifs is 1. The number of hydrogen-bond donors (Lipinski definition) is 3. The van der Waals surface area contributed by atoms with E-state index in [9.17, 15) is 23.1 Å². The first-order valence-corrected chi connectivity index (χ1v) is 6.98. The van der Waals surface area contributed by atoms with Crippen LogP contribution in [0.25, 0.3) is 0 Å². The number of pyridine rings is 1. The summed E-state index contributed by atoms with van der Waals surface area (Å²) in [7, 11) is 0. The van der Waals surface area contributed by atoms with E-state index in [1.165, 1.54) is 6.07 Å². The van der Waals surface area contributed by atoms with E-state index in [2.05, 4.69) is 15.6 Å². The van der Waals surface area contributed by atoms with Gasteiger partial charge in [-0.2, -0.15) is 13.2 Å². The molecule has 0 spiro atoms. The zero-order valence-corrected chi connectivity index (χ0v) is 11.9. The number of aryl methyl sites for hydroxylation is 1. The van der Waals surface area contributed by atoms with Crippen molar-refractivity contribution in [3.05, 3.63) is 23.4 Å². The number of aliphatic hydroxyl groups is 1. The Morgan fingerprint density at radius 1 is 1.50 bits per heavy atom. The highest BCUT2D eigenvalue weighted by atomic mass is 19.4. The van der Waals surface area contributed by atoms with Gasteiger partial charge in [0.2, 0.25) is 5.91 Å². The number of aromatic nitrogens is 1. The minimum atomic E-state index is -4.55. The van der Waals surface area contributed by atoms with Gasteiger partial charge in [0, 0.05) is 11.5 Å². The number of rotatable bonds is 3. The van der Waals surface area contributed by atoms with Gasteiger partial charge in [-0.05, 0) is 31.4 Å². The number of amides is 1. The molecule has 120 valence electrons. The lowest BCUT2D eigenvalue weighted by molar-refractivity contribution is -0.141. The Labute approximate surface area is 124 Å². The van der Waals surface area contributed by atoms with Gasteiger partial charge in [-0.15, -0.1) is 0 Å². The first-order valence-electron chi connectivity index (χ1n) is 6.98. The van der Waals surface area contributed by atoms with Crippen LogP contribution in [-0.4, -0.2) is 34.7 Å². The summed E-state index contributed by atoms with van der Waals surface area (Å²) < 4.78 is 38.0. The maximum atomic E-state index is 12.7. The lowest BCUT2D eigenvalue weighted by Gasteiger charge is -2.16. The maximum Gasteiger partial charge on any atom is 0.433 e. The van der Waals surface area contributed by atoms with Gasteiger partial charge < -0.3 is 15.7 Å². The predicted molar refractivity (Wildman–Crippen MR) is 72.1 cm³/mol. The van der Waals surface area contributed by atoms with Gasteiger partial charge in [0.05, 0.1) is 12.6 Å². The standard InChI is InChI=1S/C14H16F3N3O2/c1-7-2-3-9(14(15,16)17)19-11(7)20-12(22)8-4-13(6-21)5-10(13)18-8/h2-3,8,10,18,21H,4-6H2,1H3,(H,19,20,22)/t8-,10-,13+/m0/s1. The molecule has 1 aromatic heterocycles. The summed E-state index contributed by atoms with van der Waals surface area (Å²) >= 11 is 0. The Hall–Kier alpha value is -1.67. The normalized spacial score (nSPS) is 30.0. The van der Waals surface area contributed by atoms with Crippen LogP contribution in [0, 0.1) is 12.3 Å². The average Bonchev–Trinajstić information content (AvgIpc) is 3.01. The molecule has 1 aliphatic carbocycles. The molecule has 3 N–H and O–H groups in total. The molecule has 1 saturated heterocycles. The van der Waals surface area contributed by atoms with Crippen LogP contribution >= 0.6 is 0 Å². The summed E-state index contributed by atoms with van der Waals surface area (Å²) in [5.74, 6) is -0.504. The summed E-state index contributed by atoms with van der Waals surface area (Å²) in [6, 6.07) is 1.76. The molecule has 8 heteroatoms. The third-order valence-electron chi connectivity index (χ3n) is 4.46. The summed E-state index contributed by atoms with van der Waals surface area (Å²) in [5, 5.41) is 14.9. The van der Waals surface area contributed by atoms with Crippen molar-refractivity contribution >= 4 is 11.7 Å². The molecule has 5 nitrogen and oxygen atoms in total. The van der Waals surface area contributed by atoms with Crippen molar-refractivity contribution in [1.82, 2.24) is 10.3 Å². The number of hydrogen-bond acceptors (Lipinski definition) is 4. The fourth-order valence-electron chi connectivity index (χ4n) is 2.94. The number of carbonyl (C=O) groups excluding carboxylic acids is 1. The van der Waals surface area contributed by atoms with Gasteiger partial charge in [0.25, 0.3) is 0 Å². The molecule has 3 rings (SSSR count). The van der Waals surface area contributed by atoms with E-state index in [-0.39, 0.29) is 23.9 Å².